The van der Waals surface area contributed by atoms with Crippen LogP contribution in [0.25, 0.3) is 72.0 Å². The average molecular weight is 715 g/mol. The molecule has 0 atom stereocenters. The number of fused-ring (bicyclic) bond motifs is 3. The van der Waals surface area contributed by atoms with Crippen LogP contribution in [0.4, 0.5) is 17.1 Å². The summed E-state index contributed by atoms with van der Waals surface area (Å²) in [5.74, 6) is 0. The summed E-state index contributed by atoms with van der Waals surface area (Å²) in [6.45, 7) is 0. The van der Waals surface area contributed by atoms with Crippen molar-refractivity contribution in [2.45, 2.75) is 0 Å². The van der Waals surface area contributed by atoms with Crippen LogP contribution in [0, 0.1) is 0 Å². The first-order valence-electron chi connectivity index (χ1n) is 19.2. The zero-order valence-electron chi connectivity index (χ0n) is 30.8. The fourth-order valence-corrected chi connectivity index (χ4v) is 8.02. The van der Waals surface area contributed by atoms with Crippen molar-refractivity contribution in [1.29, 1.82) is 0 Å². The van der Waals surface area contributed by atoms with E-state index in [9.17, 15) is 0 Å². The molecule has 0 radical (unpaired) electrons. The van der Waals surface area contributed by atoms with Crippen LogP contribution in [0.3, 0.4) is 0 Å². The first-order valence-corrected chi connectivity index (χ1v) is 19.2. The molecular weight excluding hydrogens is 677 g/mol. The maximum atomic E-state index is 2.39. The molecule has 10 aromatic rings. The van der Waals surface area contributed by atoms with Crippen molar-refractivity contribution in [2.75, 3.05) is 4.90 Å². The molecule has 1 heterocycles. The standard InChI is InChI=1S/C54H38N2/c1-5-15-39(16-6-1)42-25-30-48(31-26-42)55(49-32-27-43(28-33-49)40-17-7-2-8-18-40)50-36-45(41-19-9-3-10-20-41)35-46(37-50)44-29-34-52-51-23-13-14-24-53(51)56(54(52)38-44)47-21-11-4-12-22-47/h1-38H. The number of para-hydroxylation sites is 2. The van der Waals surface area contributed by atoms with Crippen LogP contribution in [-0.4, -0.2) is 4.57 Å². The third-order valence-corrected chi connectivity index (χ3v) is 10.8. The Bertz CT molecular complexity index is 2830. The zero-order valence-corrected chi connectivity index (χ0v) is 30.8. The smallest absolute Gasteiger partial charge is 0.0547 e. The lowest BCUT2D eigenvalue weighted by atomic mass is 9.96. The van der Waals surface area contributed by atoms with E-state index in [1.54, 1.807) is 0 Å². The summed E-state index contributed by atoms with van der Waals surface area (Å²) in [6.07, 6.45) is 0. The van der Waals surface area contributed by atoms with Gasteiger partial charge in [-0.1, -0.05) is 164 Å². The van der Waals surface area contributed by atoms with E-state index in [2.05, 4.69) is 240 Å². The quantitative estimate of drug-likeness (QED) is 0.152. The second-order valence-corrected chi connectivity index (χ2v) is 14.2. The molecule has 56 heavy (non-hydrogen) atoms. The Hall–Kier alpha value is -7.42. The highest BCUT2D eigenvalue weighted by Crippen LogP contribution is 2.42. The van der Waals surface area contributed by atoms with E-state index in [4.69, 9.17) is 0 Å². The van der Waals surface area contributed by atoms with Crippen LogP contribution >= 0.6 is 0 Å². The second kappa shape index (κ2) is 14.4. The van der Waals surface area contributed by atoms with Gasteiger partial charge >= 0.3 is 0 Å². The van der Waals surface area contributed by atoms with Crippen LogP contribution in [0.5, 0.6) is 0 Å². The minimum atomic E-state index is 1.09. The molecule has 9 aromatic carbocycles. The molecule has 0 saturated heterocycles. The Morgan fingerprint density at radius 3 is 1.21 bits per heavy atom. The van der Waals surface area contributed by atoms with Gasteiger partial charge in [-0.2, -0.15) is 0 Å². The van der Waals surface area contributed by atoms with Crippen molar-refractivity contribution in [2.24, 2.45) is 0 Å². The van der Waals surface area contributed by atoms with Gasteiger partial charge in [-0.05, 0) is 111 Å². The molecule has 0 aliphatic carbocycles. The third-order valence-electron chi connectivity index (χ3n) is 10.8. The molecule has 0 fully saturated rings. The minimum Gasteiger partial charge on any atom is -0.310 e. The van der Waals surface area contributed by atoms with Crippen molar-refractivity contribution in [3.8, 4) is 50.2 Å². The highest BCUT2D eigenvalue weighted by atomic mass is 15.1. The van der Waals surface area contributed by atoms with Crippen LogP contribution in [-0.2, 0) is 0 Å². The van der Waals surface area contributed by atoms with Gasteiger partial charge in [0.25, 0.3) is 0 Å². The summed E-state index contributed by atoms with van der Waals surface area (Å²) in [5, 5.41) is 2.49. The summed E-state index contributed by atoms with van der Waals surface area (Å²) in [4.78, 5) is 2.39. The highest BCUT2D eigenvalue weighted by molar-refractivity contribution is 6.10. The van der Waals surface area contributed by atoms with E-state index < -0.39 is 0 Å². The van der Waals surface area contributed by atoms with Crippen LogP contribution < -0.4 is 4.90 Å². The van der Waals surface area contributed by atoms with E-state index in [-0.39, 0.29) is 0 Å². The molecule has 0 saturated carbocycles. The molecule has 1 aromatic heterocycles. The summed E-state index contributed by atoms with van der Waals surface area (Å²) in [6, 6.07) is 83.1. The van der Waals surface area contributed by atoms with Crippen molar-refractivity contribution in [3.05, 3.63) is 231 Å². The Morgan fingerprint density at radius 2 is 0.661 bits per heavy atom. The van der Waals surface area contributed by atoms with Crippen molar-refractivity contribution in [1.82, 2.24) is 4.57 Å². The number of nitrogens with zero attached hydrogens (tertiary/aromatic N) is 2. The van der Waals surface area contributed by atoms with E-state index in [0.29, 0.717) is 0 Å². The van der Waals surface area contributed by atoms with E-state index in [0.717, 1.165) is 39.4 Å². The largest absolute Gasteiger partial charge is 0.310 e. The number of hydrogen-bond acceptors (Lipinski definition) is 1. The van der Waals surface area contributed by atoms with E-state index >= 15 is 0 Å². The summed E-state index contributed by atoms with van der Waals surface area (Å²) in [7, 11) is 0. The number of aromatic nitrogens is 1. The second-order valence-electron chi connectivity index (χ2n) is 14.2. The molecule has 0 aliphatic heterocycles. The van der Waals surface area contributed by atoms with Gasteiger partial charge in [-0.25, -0.2) is 0 Å². The lowest BCUT2D eigenvalue weighted by Gasteiger charge is -2.27. The molecule has 2 nitrogen and oxygen atoms in total. The minimum absolute atomic E-state index is 1.09. The Morgan fingerprint density at radius 1 is 0.250 bits per heavy atom. The number of benzene rings is 9. The number of hydrogen-bond donors (Lipinski definition) is 0. The molecule has 0 aliphatic rings. The Kier molecular flexibility index (Phi) is 8.55. The normalized spacial score (nSPS) is 11.2. The predicted molar refractivity (Wildman–Crippen MR) is 237 cm³/mol. The van der Waals surface area contributed by atoms with Crippen LogP contribution in [0.1, 0.15) is 0 Å². The predicted octanol–water partition coefficient (Wildman–Crippen LogP) is 14.9. The number of rotatable bonds is 8. The van der Waals surface area contributed by atoms with Gasteiger partial charge in [0.2, 0.25) is 0 Å². The van der Waals surface area contributed by atoms with Gasteiger partial charge in [0.1, 0.15) is 0 Å². The van der Waals surface area contributed by atoms with Gasteiger partial charge in [0.05, 0.1) is 11.0 Å². The SMILES string of the molecule is c1ccc(-c2ccc(N(c3ccc(-c4ccccc4)cc3)c3cc(-c4ccccc4)cc(-c4ccc5c6ccccc6n(-c6ccccc6)c5c4)c3)cc2)cc1. The topological polar surface area (TPSA) is 8.17 Å². The van der Waals surface area contributed by atoms with E-state index in [1.165, 1.54) is 49.6 Å². The fourth-order valence-electron chi connectivity index (χ4n) is 8.02. The Labute approximate surface area is 327 Å². The van der Waals surface area contributed by atoms with Crippen LogP contribution in [0.15, 0.2) is 231 Å². The molecule has 264 valence electrons. The lowest BCUT2D eigenvalue weighted by Crippen LogP contribution is -2.10. The molecule has 10 rings (SSSR count). The Balaban J connectivity index is 1.17. The van der Waals surface area contributed by atoms with Crippen molar-refractivity contribution < 1.29 is 0 Å². The van der Waals surface area contributed by atoms with Gasteiger partial charge < -0.3 is 9.47 Å². The summed E-state index contributed by atoms with van der Waals surface area (Å²) < 4.78 is 2.39. The van der Waals surface area contributed by atoms with Gasteiger partial charge in [0.15, 0.2) is 0 Å². The average Bonchev–Trinajstić information content (AvgIpc) is 3.62. The molecule has 0 spiro atoms. The highest BCUT2D eigenvalue weighted by Gasteiger charge is 2.18. The maximum absolute atomic E-state index is 2.39. The summed E-state index contributed by atoms with van der Waals surface area (Å²) in [5.41, 5.74) is 16.2. The van der Waals surface area contributed by atoms with Crippen molar-refractivity contribution in [3.63, 3.8) is 0 Å². The van der Waals surface area contributed by atoms with Gasteiger partial charge in [-0.3, -0.25) is 0 Å². The zero-order chi connectivity index (χ0) is 37.3. The number of anilines is 3. The van der Waals surface area contributed by atoms with Crippen molar-refractivity contribution >= 4 is 38.9 Å². The van der Waals surface area contributed by atoms with Gasteiger partial charge in [0, 0.05) is 33.5 Å². The molecule has 0 amide bonds. The third kappa shape index (κ3) is 6.24. The molecule has 0 bridgehead atoms. The maximum Gasteiger partial charge on any atom is 0.0547 e. The molecule has 0 unspecified atom stereocenters. The first-order chi connectivity index (χ1) is 27.8. The lowest BCUT2D eigenvalue weighted by molar-refractivity contribution is 1.18. The summed E-state index contributed by atoms with van der Waals surface area (Å²) >= 11 is 0. The molecule has 0 N–H and O–H groups in total. The van der Waals surface area contributed by atoms with Gasteiger partial charge in [-0.15, -0.1) is 0 Å². The van der Waals surface area contributed by atoms with E-state index in [1.807, 2.05) is 0 Å². The monoisotopic (exact) mass is 714 g/mol. The molecular formula is C54H38N2. The van der Waals surface area contributed by atoms with Crippen LogP contribution in [0.2, 0.25) is 0 Å². The first kappa shape index (κ1) is 33.2. The molecule has 2 heteroatoms. The fraction of sp³-hybridized carbons (Fsp3) is 0.